The molecule has 0 aromatic heterocycles. The Morgan fingerprint density at radius 3 is 2.12 bits per heavy atom. The number of nitrogens with one attached hydrogen (secondary N) is 3. The zero-order chi connectivity index (χ0) is 17.5. The van der Waals surface area contributed by atoms with Crippen LogP contribution in [0.25, 0.3) is 0 Å². The molecule has 6 nitrogen and oxygen atoms in total. The molecule has 3 N–H and O–H groups in total. The Morgan fingerprint density at radius 1 is 0.875 bits per heavy atom. The molecule has 2 aromatic rings. The summed E-state index contributed by atoms with van der Waals surface area (Å²) in [5, 5.41) is 2.70. The van der Waals surface area contributed by atoms with Gasteiger partial charge in [-0.25, -0.2) is 0 Å². The SMILES string of the molecule is CCC(=O)Nc1ccc(C(=O)NNC(=O)c2ccccc2C)cc1. The van der Waals surface area contributed by atoms with Gasteiger partial charge in [0.25, 0.3) is 11.8 Å². The van der Waals surface area contributed by atoms with Crippen molar-refractivity contribution in [1.82, 2.24) is 10.9 Å². The number of anilines is 1. The lowest BCUT2D eigenvalue weighted by molar-refractivity contribution is -0.115. The fourth-order valence-electron chi connectivity index (χ4n) is 2.04. The van der Waals surface area contributed by atoms with Gasteiger partial charge in [0.2, 0.25) is 5.91 Å². The lowest BCUT2D eigenvalue weighted by atomic mass is 10.1. The maximum atomic E-state index is 12.0. The first-order chi connectivity index (χ1) is 11.5. The maximum Gasteiger partial charge on any atom is 0.269 e. The van der Waals surface area contributed by atoms with E-state index in [0.717, 1.165) is 5.56 Å². The summed E-state index contributed by atoms with van der Waals surface area (Å²) < 4.78 is 0. The second-order valence-electron chi connectivity index (χ2n) is 5.20. The van der Waals surface area contributed by atoms with Crippen LogP contribution < -0.4 is 16.2 Å². The number of carbonyl (C=O) groups excluding carboxylic acids is 3. The summed E-state index contributed by atoms with van der Waals surface area (Å²) >= 11 is 0. The number of hydrazine groups is 1. The van der Waals surface area contributed by atoms with Crippen LogP contribution in [0.1, 0.15) is 39.6 Å². The van der Waals surface area contributed by atoms with Crippen molar-refractivity contribution in [2.75, 3.05) is 5.32 Å². The molecule has 0 saturated heterocycles. The number of benzene rings is 2. The zero-order valence-corrected chi connectivity index (χ0v) is 13.6. The van der Waals surface area contributed by atoms with E-state index in [2.05, 4.69) is 16.2 Å². The van der Waals surface area contributed by atoms with Gasteiger partial charge in [-0.1, -0.05) is 25.1 Å². The summed E-state index contributed by atoms with van der Waals surface area (Å²) in [6.07, 6.45) is 0.382. The molecule has 0 aliphatic carbocycles. The third-order valence-corrected chi connectivity index (χ3v) is 3.43. The Balaban J connectivity index is 1.94. The molecule has 0 heterocycles. The Morgan fingerprint density at radius 2 is 1.50 bits per heavy atom. The monoisotopic (exact) mass is 325 g/mol. The average molecular weight is 325 g/mol. The minimum Gasteiger partial charge on any atom is -0.326 e. The van der Waals surface area contributed by atoms with Crippen LogP contribution in [0.3, 0.4) is 0 Å². The molecule has 2 aromatic carbocycles. The quantitative estimate of drug-likeness (QED) is 0.754. The predicted octanol–water partition coefficient (Wildman–Crippen LogP) is 2.42. The molecule has 24 heavy (non-hydrogen) atoms. The number of aryl methyl sites for hydroxylation is 1. The standard InChI is InChI=1S/C18H19N3O3/c1-3-16(22)19-14-10-8-13(9-11-14)17(23)20-21-18(24)15-7-5-4-6-12(15)2/h4-11H,3H2,1-2H3,(H,19,22)(H,20,23)(H,21,24). The van der Waals surface area contributed by atoms with Gasteiger partial charge in [-0.3, -0.25) is 25.2 Å². The molecule has 0 unspecified atom stereocenters. The fourth-order valence-corrected chi connectivity index (χ4v) is 2.04. The summed E-state index contributed by atoms with van der Waals surface area (Å²) in [5.74, 6) is -0.920. The predicted molar refractivity (Wildman–Crippen MR) is 91.5 cm³/mol. The van der Waals surface area contributed by atoms with Crippen LogP contribution in [-0.4, -0.2) is 17.7 Å². The van der Waals surface area contributed by atoms with Gasteiger partial charge in [-0.05, 0) is 42.8 Å². The van der Waals surface area contributed by atoms with Crippen LogP contribution in [0.15, 0.2) is 48.5 Å². The normalized spacial score (nSPS) is 9.92. The molecule has 0 radical (unpaired) electrons. The fraction of sp³-hybridized carbons (Fsp3) is 0.167. The van der Waals surface area contributed by atoms with Crippen LogP contribution in [-0.2, 0) is 4.79 Å². The van der Waals surface area contributed by atoms with E-state index in [0.29, 0.717) is 23.2 Å². The van der Waals surface area contributed by atoms with E-state index >= 15 is 0 Å². The molecule has 0 bridgehead atoms. The summed E-state index contributed by atoms with van der Waals surface area (Å²) in [5.41, 5.74) is 7.05. The van der Waals surface area contributed by atoms with Crippen molar-refractivity contribution in [3.63, 3.8) is 0 Å². The van der Waals surface area contributed by atoms with Gasteiger partial charge in [-0.2, -0.15) is 0 Å². The van der Waals surface area contributed by atoms with E-state index in [-0.39, 0.29) is 11.8 Å². The molecule has 0 atom stereocenters. The van der Waals surface area contributed by atoms with E-state index < -0.39 is 5.91 Å². The highest BCUT2D eigenvalue weighted by molar-refractivity contribution is 6.00. The summed E-state index contributed by atoms with van der Waals surface area (Å²) in [7, 11) is 0. The molecule has 6 heteroatoms. The van der Waals surface area contributed by atoms with Crippen molar-refractivity contribution in [2.24, 2.45) is 0 Å². The van der Waals surface area contributed by atoms with E-state index in [9.17, 15) is 14.4 Å². The van der Waals surface area contributed by atoms with E-state index in [1.165, 1.54) is 0 Å². The van der Waals surface area contributed by atoms with Gasteiger partial charge < -0.3 is 5.32 Å². The van der Waals surface area contributed by atoms with E-state index in [1.54, 1.807) is 43.3 Å². The average Bonchev–Trinajstić information content (AvgIpc) is 2.60. The number of carbonyl (C=O) groups is 3. The van der Waals surface area contributed by atoms with Crippen molar-refractivity contribution >= 4 is 23.4 Å². The highest BCUT2D eigenvalue weighted by Crippen LogP contribution is 2.10. The van der Waals surface area contributed by atoms with Gasteiger partial charge in [-0.15, -0.1) is 0 Å². The van der Waals surface area contributed by atoms with Crippen LogP contribution >= 0.6 is 0 Å². The third kappa shape index (κ3) is 4.42. The lowest BCUT2D eigenvalue weighted by Gasteiger charge is -2.09. The van der Waals surface area contributed by atoms with Gasteiger partial charge >= 0.3 is 0 Å². The van der Waals surface area contributed by atoms with Gasteiger partial charge in [0.15, 0.2) is 0 Å². The summed E-state index contributed by atoms with van der Waals surface area (Å²) in [4.78, 5) is 35.4. The van der Waals surface area contributed by atoms with Crippen molar-refractivity contribution in [1.29, 1.82) is 0 Å². The van der Waals surface area contributed by atoms with Gasteiger partial charge in [0, 0.05) is 23.2 Å². The lowest BCUT2D eigenvalue weighted by Crippen LogP contribution is -2.41. The molecule has 0 saturated carbocycles. The Hall–Kier alpha value is -3.15. The summed E-state index contributed by atoms with van der Waals surface area (Å²) in [6, 6.07) is 13.5. The van der Waals surface area contributed by atoms with Crippen LogP contribution in [0.2, 0.25) is 0 Å². The second-order valence-corrected chi connectivity index (χ2v) is 5.20. The second kappa shape index (κ2) is 7.92. The molecule has 0 aliphatic heterocycles. The molecule has 124 valence electrons. The first-order valence-electron chi connectivity index (χ1n) is 7.57. The van der Waals surface area contributed by atoms with E-state index in [1.807, 2.05) is 19.1 Å². The van der Waals surface area contributed by atoms with Crippen LogP contribution in [0, 0.1) is 6.92 Å². The minimum absolute atomic E-state index is 0.0994. The van der Waals surface area contributed by atoms with E-state index in [4.69, 9.17) is 0 Å². The smallest absolute Gasteiger partial charge is 0.269 e. The Labute approximate surface area is 140 Å². The molecular formula is C18H19N3O3. The van der Waals surface area contributed by atoms with Gasteiger partial charge in [0.1, 0.15) is 0 Å². The minimum atomic E-state index is -0.440. The molecular weight excluding hydrogens is 306 g/mol. The maximum absolute atomic E-state index is 12.0. The Kier molecular flexibility index (Phi) is 5.68. The topological polar surface area (TPSA) is 87.3 Å². The van der Waals surface area contributed by atoms with Crippen molar-refractivity contribution in [3.05, 3.63) is 65.2 Å². The van der Waals surface area contributed by atoms with Gasteiger partial charge in [0.05, 0.1) is 0 Å². The highest BCUT2D eigenvalue weighted by Gasteiger charge is 2.10. The largest absolute Gasteiger partial charge is 0.326 e. The van der Waals surface area contributed by atoms with Crippen LogP contribution in [0.4, 0.5) is 5.69 Å². The molecule has 2 rings (SSSR count). The molecule has 0 fully saturated rings. The third-order valence-electron chi connectivity index (χ3n) is 3.43. The summed E-state index contributed by atoms with van der Waals surface area (Å²) in [6.45, 7) is 3.58. The Bertz CT molecular complexity index is 754. The van der Waals surface area contributed by atoms with Crippen molar-refractivity contribution < 1.29 is 14.4 Å². The molecule has 0 spiro atoms. The molecule has 3 amide bonds. The zero-order valence-electron chi connectivity index (χ0n) is 13.6. The number of amides is 3. The van der Waals surface area contributed by atoms with Crippen molar-refractivity contribution in [3.8, 4) is 0 Å². The number of rotatable bonds is 4. The van der Waals surface area contributed by atoms with Crippen LogP contribution in [0.5, 0.6) is 0 Å². The number of hydrogen-bond donors (Lipinski definition) is 3. The first kappa shape index (κ1) is 17.2. The molecule has 0 aliphatic rings. The van der Waals surface area contributed by atoms with Crippen molar-refractivity contribution in [2.45, 2.75) is 20.3 Å². The number of hydrogen-bond acceptors (Lipinski definition) is 3. The highest BCUT2D eigenvalue weighted by atomic mass is 16.2. The first-order valence-corrected chi connectivity index (χ1v) is 7.57.